The van der Waals surface area contributed by atoms with Crippen LogP contribution in [0, 0.1) is 25.6 Å². The molecule has 2 N–H and O–H groups in total. The Morgan fingerprint density at radius 3 is 2.59 bits per heavy atom. The topological polar surface area (TPSA) is 88.2 Å². The fourth-order valence-corrected chi connectivity index (χ4v) is 5.86. The van der Waals surface area contributed by atoms with E-state index in [-0.39, 0.29) is 36.2 Å². The smallest absolute Gasteiger partial charge is 0.306 e. The predicted octanol–water partition coefficient (Wildman–Crippen LogP) is 7.34. The number of aromatic nitrogens is 2. The molecule has 0 saturated heterocycles. The van der Waals surface area contributed by atoms with Gasteiger partial charge in [-0.3, -0.25) is 4.79 Å². The number of aliphatic carboxylic acids is 1. The summed E-state index contributed by atoms with van der Waals surface area (Å²) >= 11 is 6.43. The first-order chi connectivity index (χ1) is 18.3. The second-order valence-electron chi connectivity index (χ2n) is 10.4. The Bertz CT molecular complexity index is 1570. The van der Waals surface area contributed by atoms with Crippen LogP contribution in [0.4, 0.5) is 4.39 Å². The van der Waals surface area contributed by atoms with Crippen LogP contribution in [0.1, 0.15) is 47.6 Å². The summed E-state index contributed by atoms with van der Waals surface area (Å²) in [6.07, 6.45) is 3.32. The van der Waals surface area contributed by atoms with Gasteiger partial charge in [0.1, 0.15) is 5.82 Å². The summed E-state index contributed by atoms with van der Waals surface area (Å²) in [5.74, 6) is -0.373. The van der Waals surface area contributed by atoms with Crippen LogP contribution in [0.5, 0.6) is 0 Å². The zero-order chi connectivity index (χ0) is 26.6. The number of nitrogens with zero attached hydrogens (tertiary/aromatic N) is 2. The summed E-state index contributed by atoms with van der Waals surface area (Å²) in [4.78, 5) is 15.7. The van der Waals surface area contributed by atoms with Crippen molar-refractivity contribution < 1.29 is 18.8 Å². The lowest BCUT2D eigenvalue weighted by atomic mass is 9.80. The minimum atomic E-state index is -0.699. The molecule has 1 heterocycles. The van der Waals surface area contributed by atoms with Crippen molar-refractivity contribution in [2.75, 3.05) is 0 Å². The molecule has 4 aromatic rings. The summed E-state index contributed by atoms with van der Waals surface area (Å²) in [6, 6.07) is 15.4. The molecular weight excluding hydrogens is 540 g/mol. The van der Waals surface area contributed by atoms with Crippen LogP contribution in [-0.4, -0.2) is 27.3 Å². The van der Waals surface area contributed by atoms with Crippen LogP contribution in [-0.2, 0) is 11.2 Å². The molecule has 1 aromatic heterocycles. The van der Waals surface area contributed by atoms with E-state index in [1.165, 1.54) is 17.2 Å². The van der Waals surface area contributed by atoms with Gasteiger partial charge >= 0.3 is 5.97 Å². The fourth-order valence-electron chi connectivity index (χ4n) is 5.61. The van der Waals surface area contributed by atoms with Gasteiger partial charge in [-0.1, -0.05) is 41.0 Å². The van der Waals surface area contributed by atoms with Gasteiger partial charge in [0.2, 0.25) is 5.82 Å². The van der Waals surface area contributed by atoms with Gasteiger partial charge in [-0.25, -0.2) is 4.39 Å². The van der Waals surface area contributed by atoms with E-state index < -0.39 is 5.97 Å². The third kappa shape index (κ3) is 5.07. The van der Waals surface area contributed by atoms with Crippen molar-refractivity contribution in [1.29, 1.82) is 0 Å². The highest BCUT2D eigenvalue weighted by Gasteiger charge is 2.36. The molecule has 2 aliphatic rings. The molecule has 202 valence electrons. The third-order valence-corrected chi connectivity index (χ3v) is 8.34. The molecule has 0 amide bonds. The van der Waals surface area contributed by atoms with Gasteiger partial charge in [-0.05, 0) is 91.6 Å². The van der Waals surface area contributed by atoms with Gasteiger partial charge in [0.15, 0.2) is 0 Å². The summed E-state index contributed by atoms with van der Waals surface area (Å²) < 4.78 is 20.2. The quantitative estimate of drug-likeness (QED) is 0.253. The average molecular weight is 568 g/mol. The minimum absolute atomic E-state index is 0. The van der Waals surface area contributed by atoms with E-state index in [0.717, 1.165) is 40.7 Å². The molecule has 1 fully saturated rings. The van der Waals surface area contributed by atoms with Crippen LogP contribution in [0.25, 0.3) is 34.0 Å². The van der Waals surface area contributed by atoms with Crippen LogP contribution in [0.3, 0.4) is 0 Å². The Morgan fingerprint density at radius 1 is 1.08 bits per heavy atom. The zero-order valence-electron chi connectivity index (χ0n) is 21.5. The maximum absolute atomic E-state index is 14.6. The maximum atomic E-state index is 14.6. The highest BCUT2D eigenvalue weighted by Crippen LogP contribution is 2.39. The van der Waals surface area contributed by atoms with Crippen LogP contribution in [0.15, 0.2) is 53.1 Å². The lowest BCUT2D eigenvalue weighted by Gasteiger charge is -2.35. The molecule has 1 unspecified atom stereocenters. The average Bonchev–Trinajstić information content (AvgIpc) is 3.51. The number of halogens is 3. The van der Waals surface area contributed by atoms with Crippen LogP contribution in [0.2, 0.25) is 5.02 Å². The van der Waals surface area contributed by atoms with E-state index in [1.54, 1.807) is 6.07 Å². The summed E-state index contributed by atoms with van der Waals surface area (Å²) in [6.45, 7) is 3.76. The standard InChI is InChI=1S/C30H27ClFN3O3.ClH/c1-15-3-9-24(32)26(27(15)31)22-7-5-19(11-16(22)2)29-34-28(35-38-29)18-4-8-23-17(12-18)6-10-25(23)33-21-13-20(14-21)30(36)37;/h3-5,7-9,11-12,20-21,25,33H,6,10,13-14H2,1-2H3,(H,36,37);1H. The summed E-state index contributed by atoms with van der Waals surface area (Å²) in [5, 5.41) is 17.4. The summed E-state index contributed by atoms with van der Waals surface area (Å²) in [7, 11) is 0. The van der Waals surface area contributed by atoms with Crippen LogP contribution < -0.4 is 5.32 Å². The molecule has 39 heavy (non-hydrogen) atoms. The van der Waals surface area contributed by atoms with E-state index in [4.69, 9.17) is 21.2 Å². The largest absolute Gasteiger partial charge is 0.481 e. The second-order valence-corrected chi connectivity index (χ2v) is 10.8. The predicted molar refractivity (Wildman–Crippen MR) is 151 cm³/mol. The third-order valence-electron chi connectivity index (χ3n) is 7.86. The molecule has 0 radical (unpaired) electrons. The van der Waals surface area contributed by atoms with Crippen molar-refractivity contribution in [1.82, 2.24) is 15.5 Å². The van der Waals surface area contributed by atoms with E-state index in [2.05, 4.69) is 27.6 Å². The van der Waals surface area contributed by atoms with Crippen molar-refractivity contribution in [3.8, 4) is 34.0 Å². The van der Waals surface area contributed by atoms with Crippen molar-refractivity contribution in [2.45, 2.75) is 51.6 Å². The number of aryl methyl sites for hydroxylation is 3. The minimum Gasteiger partial charge on any atom is -0.481 e. The van der Waals surface area contributed by atoms with Gasteiger partial charge in [0, 0.05) is 28.8 Å². The molecule has 6 rings (SSSR count). The molecule has 6 nitrogen and oxygen atoms in total. The number of benzene rings is 3. The molecular formula is C30H28Cl2FN3O3. The van der Waals surface area contributed by atoms with Gasteiger partial charge in [-0.15, -0.1) is 12.4 Å². The first-order valence-corrected chi connectivity index (χ1v) is 13.2. The first-order valence-electron chi connectivity index (χ1n) is 12.8. The molecule has 1 atom stereocenters. The van der Waals surface area contributed by atoms with Gasteiger partial charge < -0.3 is 14.9 Å². The number of fused-ring (bicyclic) bond motifs is 1. The normalized spacial score (nSPS) is 19.7. The highest BCUT2D eigenvalue weighted by atomic mass is 35.5. The Labute approximate surface area is 237 Å². The summed E-state index contributed by atoms with van der Waals surface area (Å²) in [5.41, 5.74) is 6.93. The zero-order valence-corrected chi connectivity index (χ0v) is 23.1. The van der Waals surface area contributed by atoms with Gasteiger partial charge in [0.05, 0.1) is 10.9 Å². The van der Waals surface area contributed by atoms with Crippen molar-refractivity contribution in [3.05, 3.63) is 81.6 Å². The van der Waals surface area contributed by atoms with Gasteiger partial charge in [-0.2, -0.15) is 4.98 Å². The molecule has 3 aromatic carbocycles. The Balaban J connectivity index is 0.00000308. The van der Waals surface area contributed by atoms with Gasteiger partial charge in [0.25, 0.3) is 5.89 Å². The number of hydrogen-bond donors (Lipinski definition) is 2. The second kappa shape index (κ2) is 10.7. The lowest BCUT2D eigenvalue weighted by molar-refractivity contribution is -0.145. The lowest BCUT2D eigenvalue weighted by Crippen LogP contribution is -2.45. The monoisotopic (exact) mass is 567 g/mol. The van der Waals surface area contributed by atoms with Crippen molar-refractivity contribution >= 4 is 30.0 Å². The number of carboxylic acid groups (broad SMARTS) is 1. The maximum Gasteiger partial charge on any atom is 0.306 e. The van der Waals surface area contributed by atoms with E-state index >= 15 is 0 Å². The van der Waals surface area contributed by atoms with Crippen LogP contribution >= 0.6 is 24.0 Å². The SMILES string of the molecule is Cc1cc(-c2nc(-c3ccc4c(c3)CCC4NC3CC(C(=O)O)C3)no2)ccc1-c1c(F)ccc(C)c1Cl.Cl. The van der Waals surface area contributed by atoms with E-state index in [9.17, 15) is 9.18 Å². The van der Waals surface area contributed by atoms with E-state index in [0.29, 0.717) is 35.1 Å². The first kappa shape index (κ1) is 27.3. The molecule has 9 heteroatoms. The number of carboxylic acids is 1. The molecule has 0 bridgehead atoms. The molecule has 2 aliphatic carbocycles. The van der Waals surface area contributed by atoms with Crippen molar-refractivity contribution in [3.63, 3.8) is 0 Å². The highest BCUT2D eigenvalue weighted by molar-refractivity contribution is 6.34. The Morgan fingerprint density at radius 2 is 1.85 bits per heavy atom. The Kier molecular flexibility index (Phi) is 7.51. The molecule has 0 aliphatic heterocycles. The number of hydrogen-bond acceptors (Lipinski definition) is 5. The number of rotatable bonds is 6. The van der Waals surface area contributed by atoms with E-state index in [1.807, 2.05) is 38.1 Å². The molecule has 0 spiro atoms. The van der Waals surface area contributed by atoms with Crippen molar-refractivity contribution in [2.24, 2.45) is 5.92 Å². The fraction of sp³-hybridized carbons (Fsp3) is 0.300. The molecule has 1 saturated carbocycles. The number of nitrogens with one attached hydrogen (secondary N) is 1. The Hall–Kier alpha value is -3.26. The number of carbonyl (C=O) groups is 1.